The van der Waals surface area contributed by atoms with Crippen LogP contribution < -0.4 is 0 Å². The molecular formula is C17H27O5P. The lowest BCUT2D eigenvalue weighted by Gasteiger charge is -2.22. The summed E-state index contributed by atoms with van der Waals surface area (Å²) >= 11 is 0. The second-order valence-electron chi connectivity index (χ2n) is 5.42. The van der Waals surface area contributed by atoms with Crippen LogP contribution in [0.1, 0.15) is 45.1 Å². The summed E-state index contributed by atoms with van der Waals surface area (Å²) in [6.45, 7) is 3.94. The first-order chi connectivity index (χ1) is 11.0. The van der Waals surface area contributed by atoms with Gasteiger partial charge in [0.2, 0.25) is 0 Å². The molecule has 5 nitrogen and oxygen atoms in total. The van der Waals surface area contributed by atoms with Crippen molar-refractivity contribution in [2.75, 3.05) is 12.8 Å². The van der Waals surface area contributed by atoms with Crippen LogP contribution in [-0.2, 0) is 24.8 Å². The van der Waals surface area contributed by atoms with E-state index in [-0.39, 0.29) is 12.8 Å². The average molecular weight is 342 g/mol. The van der Waals surface area contributed by atoms with E-state index in [1.165, 1.54) is 0 Å². The van der Waals surface area contributed by atoms with E-state index < -0.39 is 19.7 Å². The summed E-state index contributed by atoms with van der Waals surface area (Å²) in [7, 11) is -3.39. The van der Waals surface area contributed by atoms with Crippen molar-refractivity contribution in [2.24, 2.45) is 0 Å². The number of unbranched alkanes of at least 4 members (excludes halogenated alkanes) is 1. The zero-order valence-electron chi connectivity index (χ0n) is 13.9. The van der Waals surface area contributed by atoms with Crippen molar-refractivity contribution in [3.63, 3.8) is 0 Å². The van der Waals surface area contributed by atoms with Gasteiger partial charge in [0, 0.05) is 0 Å². The molecule has 0 saturated heterocycles. The van der Waals surface area contributed by atoms with Gasteiger partial charge in [-0.1, -0.05) is 50.1 Å². The molecule has 130 valence electrons. The van der Waals surface area contributed by atoms with Gasteiger partial charge in [-0.25, -0.2) is 4.79 Å². The molecule has 1 aromatic carbocycles. The Labute approximate surface area is 138 Å². The molecule has 1 N–H and O–H groups in total. The Morgan fingerprint density at radius 1 is 1.22 bits per heavy atom. The fourth-order valence-electron chi connectivity index (χ4n) is 2.27. The number of carbonyl (C=O) groups is 1. The number of aliphatic carboxylic acids is 1. The summed E-state index contributed by atoms with van der Waals surface area (Å²) in [4.78, 5) is 11.3. The average Bonchev–Trinajstić information content (AvgIpc) is 2.52. The molecule has 0 aliphatic heterocycles. The maximum atomic E-state index is 12.8. The standard InChI is InChI=1S/C17H27O5P/c1-3-5-13-16(17(18)19)22-23(20,21-4-2)14-9-12-15-10-7-6-8-11-15/h6-8,10-11,16H,3-5,9,12-14H2,1-2H3,(H,18,19)/t16-,23?/m0/s1. The van der Waals surface area contributed by atoms with Gasteiger partial charge >= 0.3 is 13.6 Å². The maximum Gasteiger partial charge on any atom is 0.333 e. The lowest BCUT2D eigenvalue weighted by atomic mass is 10.1. The van der Waals surface area contributed by atoms with Gasteiger partial charge in [-0.2, -0.15) is 0 Å². The first-order valence-electron chi connectivity index (χ1n) is 8.19. The molecule has 0 fully saturated rings. The van der Waals surface area contributed by atoms with E-state index in [1.54, 1.807) is 6.92 Å². The lowest BCUT2D eigenvalue weighted by molar-refractivity contribution is -0.145. The van der Waals surface area contributed by atoms with Crippen LogP contribution in [0.4, 0.5) is 0 Å². The summed E-state index contributed by atoms with van der Waals surface area (Å²) in [6, 6.07) is 9.88. The lowest BCUT2D eigenvalue weighted by Crippen LogP contribution is -2.24. The Hall–Kier alpha value is -1.16. The largest absolute Gasteiger partial charge is 0.479 e. The van der Waals surface area contributed by atoms with E-state index >= 15 is 0 Å². The topological polar surface area (TPSA) is 72.8 Å². The normalized spacial score (nSPS) is 15.0. The van der Waals surface area contributed by atoms with E-state index in [4.69, 9.17) is 9.05 Å². The number of aryl methyl sites for hydroxylation is 1. The molecule has 2 atom stereocenters. The summed E-state index contributed by atoms with van der Waals surface area (Å²) in [5.74, 6) is -1.08. The predicted molar refractivity (Wildman–Crippen MR) is 90.9 cm³/mol. The second-order valence-corrected chi connectivity index (χ2v) is 7.55. The fourth-order valence-corrected chi connectivity index (χ4v) is 4.09. The maximum absolute atomic E-state index is 12.8. The van der Waals surface area contributed by atoms with E-state index in [9.17, 15) is 14.5 Å². The molecule has 0 heterocycles. The third kappa shape index (κ3) is 7.78. The van der Waals surface area contributed by atoms with E-state index in [2.05, 4.69) is 0 Å². The van der Waals surface area contributed by atoms with Crippen LogP contribution in [0.3, 0.4) is 0 Å². The van der Waals surface area contributed by atoms with Crippen LogP contribution in [0.25, 0.3) is 0 Å². The monoisotopic (exact) mass is 342 g/mol. The molecule has 6 heteroatoms. The molecule has 23 heavy (non-hydrogen) atoms. The van der Waals surface area contributed by atoms with Crippen molar-refractivity contribution < 1.29 is 23.5 Å². The SMILES string of the molecule is CCCC[C@H](OP(=O)(CCCc1ccccc1)OCC)C(=O)O. The summed E-state index contributed by atoms with van der Waals surface area (Å²) < 4.78 is 23.5. The summed E-state index contributed by atoms with van der Waals surface area (Å²) in [6.07, 6.45) is 2.47. The Morgan fingerprint density at radius 3 is 2.48 bits per heavy atom. The minimum absolute atomic E-state index is 0.228. The van der Waals surface area contributed by atoms with Crippen molar-refractivity contribution in [3.05, 3.63) is 35.9 Å². The Morgan fingerprint density at radius 2 is 1.91 bits per heavy atom. The van der Waals surface area contributed by atoms with E-state index in [0.29, 0.717) is 19.3 Å². The first-order valence-corrected chi connectivity index (χ1v) is 9.92. The van der Waals surface area contributed by atoms with Gasteiger partial charge in [0.05, 0.1) is 12.8 Å². The third-order valence-electron chi connectivity index (χ3n) is 3.45. The molecule has 0 saturated carbocycles. The number of carboxylic acids is 1. The van der Waals surface area contributed by atoms with Crippen molar-refractivity contribution in [1.82, 2.24) is 0 Å². The number of benzene rings is 1. The second kappa shape index (κ2) is 10.6. The van der Waals surface area contributed by atoms with Crippen molar-refractivity contribution in [1.29, 1.82) is 0 Å². The fraction of sp³-hybridized carbons (Fsp3) is 0.588. The van der Waals surface area contributed by atoms with Gasteiger partial charge < -0.3 is 9.63 Å². The zero-order valence-corrected chi connectivity index (χ0v) is 14.8. The summed E-state index contributed by atoms with van der Waals surface area (Å²) in [5, 5.41) is 9.23. The number of hydrogen-bond acceptors (Lipinski definition) is 4. The van der Waals surface area contributed by atoms with Crippen LogP contribution in [-0.4, -0.2) is 29.9 Å². The molecule has 0 aliphatic rings. The van der Waals surface area contributed by atoms with Gasteiger partial charge in [-0.3, -0.25) is 9.09 Å². The molecule has 0 aromatic heterocycles. The van der Waals surface area contributed by atoms with Crippen LogP contribution >= 0.6 is 7.60 Å². The molecule has 0 amide bonds. The first kappa shape index (κ1) is 19.9. The summed E-state index contributed by atoms with van der Waals surface area (Å²) in [5.41, 5.74) is 1.15. The number of hydrogen-bond donors (Lipinski definition) is 1. The van der Waals surface area contributed by atoms with E-state index in [0.717, 1.165) is 18.4 Å². The highest BCUT2D eigenvalue weighted by Gasteiger charge is 2.31. The van der Waals surface area contributed by atoms with Crippen LogP contribution in [0.2, 0.25) is 0 Å². The quantitative estimate of drug-likeness (QED) is 0.566. The van der Waals surface area contributed by atoms with Crippen molar-refractivity contribution in [2.45, 2.75) is 52.1 Å². The molecule has 0 aliphatic carbocycles. The highest BCUT2D eigenvalue weighted by atomic mass is 31.2. The molecule has 0 bridgehead atoms. The smallest absolute Gasteiger partial charge is 0.333 e. The molecular weight excluding hydrogens is 315 g/mol. The zero-order chi connectivity index (χ0) is 17.1. The molecule has 1 unspecified atom stereocenters. The third-order valence-corrected chi connectivity index (χ3v) is 5.54. The Bertz CT molecular complexity index is 503. The molecule has 0 spiro atoms. The Kier molecular flexibility index (Phi) is 9.15. The number of rotatable bonds is 12. The molecule has 0 radical (unpaired) electrons. The predicted octanol–water partition coefficient (Wildman–Crippen LogP) is 4.51. The van der Waals surface area contributed by atoms with Gasteiger partial charge in [0.1, 0.15) is 0 Å². The van der Waals surface area contributed by atoms with Crippen molar-refractivity contribution in [3.8, 4) is 0 Å². The minimum atomic E-state index is -3.39. The number of carboxylic acid groups (broad SMARTS) is 1. The molecule has 1 rings (SSSR count). The highest BCUT2D eigenvalue weighted by Crippen LogP contribution is 2.50. The molecule has 1 aromatic rings. The van der Waals surface area contributed by atoms with Crippen molar-refractivity contribution >= 4 is 13.6 Å². The van der Waals surface area contributed by atoms with Gasteiger partial charge in [-0.05, 0) is 31.7 Å². The van der Waals surface area contributed by atoms with Gasteiger partial charge in [-0.15, -0.1) is 0 Å². The Balaban J connectivity index is 2.61. The van der Waals surface area contributed by atoms with Gasteiger partial charge in [0.15, 0.2) is 6.10 Å². The van der Waals surface area contributed by atoms with Crippen LogP contribution in [0, 0.1) is 0 Å². The van der Waals surface area contributed by atoms with Crippen LogP contribution in [0.15, 0.2) is 30.3 Å². The highest BCUT2D eigenvalue weighted by molar-refractivity contribution is 7.53. The van der Waals surface area contributed by atoms with Gasteiger partial charge in [0.25, 0.3) is 0 Å². The minimum Gasteiger partial charge on any atom is -0.479 e. The van der Waals surface area contributed by atoms with Crippen LogP contribution in [0.5, 0.6) is 0 Å². The van der Waals surface area contributed by atoms with E-state index in [1.807, 2.05) is 37.3 Å².